The molecule has 0 aliphatic heterocycles. The van der Waals surface area contributed by atoms with Gasteiger partial charge in [-0.2, -0.15) is 0 Å². The first kappa shape index (κ1) is 10.1. The summed E-state index contributed by atoms with van der Waals surface area (Å²) in [5.74, 6) is 2.00. The van der Waals surface area contributed by atoms with Gasteiger partial charge in [0.25, 0.3) is 0 Å². The number of nitrogens with two attached hydrogens (primary N) is 1. The number of methoxy groups -OCH3 is 1. The van der Waals surface area contributed by atoms with Crippen molar-refractivity contribution < 1.29 is 9.53 Å². The largest absolute Gasteiger partial charge is 0.465 e. The Kier molecular flexibility index (Phi) is 2.78. The molecule has 0 saturated heterocycles. The first-order valence-electron chi connectivity index (χ1n) is 4.05. The molecule has 0 spiro atoms. The van der Waals surface area contributed by atoms with Gasteiger partial charge in [0.1, 0.15) is 0 Å². The summed E-state index contributed by atoms with van der Waals surface area (Å²) in [4.78, 5) is 11.3. The van der Waals surface area contributed by atoms with Crippen molar-refractivity contribution in [2.75, 3.05) is 12.8 Å². The summed E-state index contributed by atoms with van der Waals surface area (Å²) in [6, 6.07) is 3.25. The third-order valence-corrected chi connectivity index (χ3v) is 2.02. The van der Waals surface area contributed by atoms with E-state index in [9.17, 15) is 4.79 Å². The monoisotopic (exact) mass is 189 g/mol. The van der Waals surface area contributed by atoms with Crippen molar-refractivity contribution in [3.05, 3.63) is 28.8 Å². The second-order valence-corrected chi connectivity index (χ2v) is 2.87. The predicted octanol–water partition coefficient (Wildman–Crippen LogP) is 1.35. The second-order valence-electron chi connectivity index (χ2n) is 2.87. The number of nitrogen functional groups attached to an aromatic ring is 1. The van der Waals surface area contributed by atoms with Gasteiger partial charge in [0, 0.05) is 11.3 Å². The van der Waals surface area contributed by atoms with Crippen LogP contribution in [0.25, 0.3) is 0 Å². The van der Waals surface area contributed by atoms with Crippen LogP contribution in [0.1, 0.15) is 21.5 Å². The van der Waals surface area contributed by atoms with E-state index in [1.54, 1.807) is 19.1 Å². The molecule has 1 aromatic carbocycles. The Morgan fingerprint density at radius 1 is 1.57 bits per heavy atom. The minimum atomic E-state index is -0.425. The normalized spacial score (nSPS) is 9.21. The number of esters is 1. The zero-order valence-corrected chi connectivity index (χ0v) is 8.13. The molecule has 72 valence electrons. The molecule has 0 fully saturated rings. The Bertz CT molecular complexity index is 416. The molecule has 3 heteroatoms. The van der Waals surface area contributed by atoms with E-state index < -0.39 is 5.97 Å². The van der Waals surface area contributed by atoms with Crippen molar-refractivity contribution >= 4 is 11.7 Å². The van der Waals surface area contributed by atoms with Crippen molar-refractivity contribution in [1.29, 1.82) is 0 Å². The maximum Gasteiger partial charge on any atom is 0.338 e. The Morgan fingerprint density at radius 3 is 2.71 bits per heavy atom. The summed E-state index contributed by atoms with van der Waals surface area (Å²) in [6.45, 7) is 1.75. The van der Waals surface area contributed by atoms with Gasteiger partial charge in [0.15, 0.2) is 0 Å². The molecule has 2 N–H and O–H groups in total. The molecule has 0 atom stereocenters. The van der Waals surface area contributed by atoms with Gasteiger partial charge in [-0.05, 0) is 24.6 Å². The van der Waals surface area contributed by atoms with E-state index >= 15 is 0 Å². The second kappa shape index (κ2) is 3.84. The van der Waals surface area contributed by atoms with Crippen LogP contribution in [0.3, 0.4) is 0 Å². The van der Waals surface area contributed by atoms with E-state index in [4.69, 9.17) is 12.2 Å². The Balaban J connectivity index is 3.36. The van der Waals surface area contributed by atoms with Crippen LogP contribution >= 0.6 is 0 Å². The summed E-state index contributed by atoms with van der Waals surface area (Å²) < 4.78 is 4.61. The highest BCUT2D eigenvalue weighted by atomic mass is 16.5. The van der Waals surface area contributed by atoms with Crippen molar-refractivity contribution in [2.24, 2.45) is 0 Å². The minimum absolute atomic E-state index is 0.417. The SMILES string of the molecule is C#Cc1cc(N)c(C)c(C(=O)OC)c1. The fraction of sp³-hybridized carbons (Fsp3) is 0.182. The highest BCUT2D eigenvalue weighted by Crippen LogP contribution is 2.19. The van der Waals surface area contributed by atoms with Gasteiger partial charge in [-0.15, -0.1) is 6.42 Å². The number of terminal acetylenes is 1. The number of benzene rings is 1. The molecule has 1 aromatic rings. The first-order valence-corrected chi connectivity index (χ1v) is 4.05. The highest BCUT2D eigenvalue weighted by molar-refractivity contribution is 5.93. The number of hydrogen-bond donors (Lipinski definition) is 1. The molecule has 0 saturated carbocycles. The number of rotatable bonds is 1. The molecule has 1 rings (SSSR count). The maximum atomic E-state index is 11.3. The maximum absolute atomic E-state index is 11.3. The van der Waals surface area contributed by atoms with E-state index in [0.717, 1.165) is 0 Å². The fourth-order valence-corrected chi connectivity index (χ4v) is 1.14. The number of ether oxygens (including phenoxy) is 1. The van der Waals surface area contributed by atoms with Crippen LogP contribution in [-0.4, -0.2) is 13.1 Å². The lowest BCUT2D eigenvalue weighted by molar-refractivity contribution is 0.0600. The van der Waals surface area contributed by atoms with Crippen LogP contribution < -0.4 is 5.73 Å². The van der Waals surface area contributed by atoms with E-state index in [1.807, 2.05) is 0 Å². The number of carbonyl (C=O) groups is 1. The van der Waals surface area contributed by atoms with E-state index in [1.165, 1.54) is 7.11 Å². The third-order valence-electron chi connectivity index (χ3n) is 2.02. The summed E-state index contributed by atoms with van der Waals surface area (Å²) in [5.41, 5.74) is 7.87. The standard InChI is InChI=1S/C11H11NO2/c1-4-8-5-9(11(13)14-3)7(2)10(12)6-8/h1,5-6H,12H2,2-3H3. The van der Waals surface area contributed by atoms with Gasteiger partial charge >= 0.3 is 5.97 Å². The Hall–Kier alpha value is -1.95. The molecule has 0 heterocycles. The van der Waals surface area contributed by atoms with Crippen LogP contribution in [0.4, 0.5) is 5.69 Å². The van der Waals surface area contributed by atoms with Gasteiger partial charge < -0.3 is 10.5 Å². The Morgan fingerprint density at radius 2 is 2.21 bits per heavy atom. The number of anilines is 1. The summed E-state index contributed by atoms with van der Waals surface area (Å²) >= 11 is 0. The fourth-order valence-electron chi connectivity index (χ4n) is 1.14. The van der Waals surface area contributed by atoms with Crippen molar-refractivity contribution in [3.8, 4) is 12.3 Å². The zero-order valence-electron chi connectivity index (χ0n) is 8.13. The quantitative estimate of drug-likeness (QED) is 0.412. The molecular weight excluding hydrogens is 178 g/mol. The summed E-state index contributed by atoms with van der Waals surface area (Å²) in [7, 11) is 1.32. The first-order chi connectivity index (χ1) is 6.60. The summed E-state index contributed by atoms with van der Waals surface area (Å²) in [5, 5.41) is 0. The van der Waals surface area contributed by atoms with E-state index in [-0.39, 0.29) is 0 Å². The number of carbonyl (C=O) groups excluding carboxylic acids is 1. The van der Waals surface area contributed by atoms with Gasteiger partial charge in [-0.1, -0.05) is 5.92 Å². The van der Waals surface area contributed by atoms with E-state index in [0.29, 0.717) is 22.4 Å². The summed E-state index contributed by atoms with van der Waals surface area (Å²) in [6.07, 6.45) is 5.22. The average molecular weight is 189 g/mol. The molecule has 0 unspecified atom stereocenters. The van der Waals surface area contributed by atoms with Gasteiger partial charge in [-0.25, -0.2) is 4.79 Å². The van der Waals surface area contributed by atoms with Gasteiger partial charge in [-0.3, -0.25) is 0 Å². The van der Waals surface area contributed by atoms with Crippen LogP contribution in [0.5, 0.6) is 0 Å². The lowest BCUT2D eigenvalue weighted by Gasteiger charge is -2.07. The topological polar surface area (TPSA) is 52.3 Å². The molecule has 0 aromatic heterocycles. The van der Waals surface area contributed by atoms with Crippen LogP contribution in [-0.2, 0) is 4.74 Å². The molecule has 14 heavy (non-hydrogen) atoms. The third kappa shape index (κ3) is 1.69. The van der Waals surface area contributed by atoms with Crippen molar-refractivity contribution in [3.63, 3.8) is 0 Å². The van der Waals surface area contributed by atoms with Crippen molar-refractivity contribution in [1.82, 2.24) is 0 Å². The molecule has 0 aliphatic rings. The van der Waals surface area contributed by atoms with Crippen molar-refractivity contribution in [2.45, 2.75) is 6.92 Å². The zero-order chi connectivity index (χ0) is 10.7. The highest BCUT2D eigenvalue weighted by Gasteiger charge is 2.11. The van der Waals surface area contributed by atoms with Gasteiger partial charge in [0.2, 0.25) is 0 Å². The predicted molar refractivity (Wildman–Crippen MR) is 54.9 cm³/mol. The van der Waals surface area contributed by atoms with Crippen LogP contribution in [0.15, 0.2) is 12.1 Å². The molecule has 3 nitrogen and oxygen atoms in total. The molecule has 0 bridgehead atoms. The number of hydrogen-bond acceptors (Lipinski definition) is 3. The Labute approximate surface area is 82.9 Å². The lowest BCUT2D eigenvalue weighted by atomic mass is 10.0. The molecule has 0 amide bonds. The van der Waals surface area contributed by atoms with Crippen LogP contribution in [0.2, 0.25) is 0 Å². The van der Waals surface area contributed by atoms with Crippen LogP contribution in [0, 0.1) is 19.3 Å². The van der Waals surface area contributed by atoms with Gasteiger partial charge in [0.05, 0.1) is 12.7 Å². The lowest BCUT2D eigenvalue weighted by Crippen LogP contribution is -2.06. The molecule has 0 aliphatic carbocycles. The molecule has 0 radical (unpaired) electrons. The average Bonchev–Trinajstić information content (AvgIpc) is 2.20. The minimum Gasteiger partial charge on any atom is -0.465 e. The molecular formula is C11H11NO2. The smallest absolute Gasteiger partial charge is 0.338 e. The van der Waals surface area contributed by atoms with E-state index in [2.05, 4.69) is 10.7 Å².